The van der Waals surface area contributed by atoms with Gasteiger partial charge in [0.2, 0.25) is 11.8 Å². The zero-order chi connectivity index (χ0) is 15.4. The molecule has 0 spiro atoms. The molecule has 2 aliphatic heterocycles. The van der Waals surface area contributed by atoms with Crippen LogP contribution in [0.25, 0.3) is 0 Å². The smallest absolute Gasteiger partial charge is 0.242 e. The highest BCUT2D eigenvalue weighted by Gasteiger charge is 2.33. The average Bonchev–Trinajstić information content (AvgIpc) is 2.93. The molecule has 5 heteroatoms. The van der Waals surface area contributed by atoms with Crippen molar-refractivity contribution in [1.29, 1.82) is 0 Å². The molecule has 2 heterocycles. The Morgan fingerprint density at radius 3 is 2.71 bits per heavy atom. The van der Waals surface area contributed by atoms with Gasteiger partial charge in [-0.2, -0.15) is 0 Å². The maximum Gasteiger partial charge on any atom is 0.242 e. The number of carbonyl (C=O) groups is 2. The number of hydrogen-bond acceptors (Lipinski definition) is 3. The Morgan fingerprint density at radius 1 is 1.29 bits per heavy atom. The highest BCUT2D eigenvalue weighted by Crippen LogP contribution is 2.25. The molecule has 0 unspecified atom stereocenters. The fraction of sp³-hybridized carbons (Fsp3) is 0.750. The largest absolute Gasteiger partial charge is 0.374 e. The van der Waals surface area contributed by atoms with Crippen molar-refractivity contribution in [3.63, 3.8) is 0 Å². The standard InChI is InChI=1S/C16H26N2O3/c1-11(2)15-13(7-9-21-15)10-17-16(20)14-6-4-5-8-18(14)12(3)19/h13-15H,1,4-10H2,2-3H3,(H,17,20)/t13-,14-,15-/m0/s1. The molecule has 0 aromatic heterocycles. The van der Waals surface area contributed by atoms with Crippen LogP contribution in [0.2, 0.25) is 0 Å². The van der Waals surface area contributed by atoms with Crippen LogP contribution in [0.15, 0.2) is 12.2 Å². The number of piperidine rings is 1. The molecule has 5 nitrogen and oxygen atoms in total. The third-order valence-corrected chi connectivity index (χ3v) is 4.45. The zero-order valence-electron chi connectivity index (χ0n) is 13.1. The van der Waals surface area contributed by atoms with Gasteiger partial charge < -0.3 is 15.0 Å². The van der Waals surface area contributed by atoms with Crippen LogP contribution in [0.5, 0.6) is 0 Å². The lowest BCUT2D eigenvalue weighted by atomic mass is 9.96. The summed E-state index contributed by atoms with van der Waals surface area (Å²) in [6.07, 6.45) is 3.73. The first-order valence-corrected chi connectivity index (χ1v) is 7.82. The molecular formula is C16H26N2O3. The lowest BCUT2D eigenvalue weighted by Crippen LogP contribution is -2.52. The van der Waals surface area contributed by atoms with Gasteiger partial charge >= 0.3 is 0 Å². The lowest BCUT2D eigenvalue weighted by Gasteiger charge is -2.34. The van der Waals surface area contributed by atoms with Gasteiger partial charge in [0, 0.05) is 32.5 Å². The molecule has 0 radical (unpaired) electrons. The van der Waals surface area contributed by atoms with E-state index in [0.717, 1.165) is 37.9 Å². The van der Waals surface area contributed by atoms with E-state index in [1.807, 2.05) is 6.92 Å². The van der Waals surface area contributed by atoms with Gasteiger partial charge in [-0.1, -0.05) is 12.2 Å². The molecule has 0 aliphatic carbocycles. The van der Waals surface area contributed by atoms with Crippen molar-refractivity contribution in [2.24, 2.45) is 5.92 Å². The highest BCUT2D eigenvalue weighted by atomic mass is 16.5. The summed E-state index contributed by atoms with van der Waals surface area (Å²) >= 11 is 0. The number of nitrogens with zero attached hydrogens (tertiary/aromatic N) is 1. The minimum absolute atomic E-state index is 0.0149. The van der Waals surface area contributed by atoms with E-state index in [-0.39, 0.29) is 24.0 Å². The Balaban J connectivity index is 1.88. The number of amides is 2. The van der Waals surface area contributed by atoms with Gasteiger partial charge in [-0.25, -0.2) is 0 Å². The molecule has 2 saturated heterocycles. The summed E-state index contributed by atoms with van der Waals surface area (Å²) in [5, 5.41) is 3.01. The van der Waals surface area contributed by atoms with Gasteiger partial charge in [0.15, 0.2) is 0 Å². The number of carbonyl (C=O) groups excluding carboxylic acids is 2. The predicted octanol–water partition coefficient (Wildman–Crippen LogP) is 1.48. The van der Waals surface area contributed by atoms with E-state index in [2.05, 4.69) is 11.9 Å². The lowest BCUT2D eigenvalue weighted by molar-refractivity contribution is -0.140. The molecule has 0 saturated carbocycles. The van der Waals surface area contributed by atoms with E-state index >= 15 is 0 Å². The van der Waals surface area contributed by atoms with Crippen LogP contribution in [-0.2, 0) is 14.3 Å². The minimum atomic E-state index is -0.304. The van der Waals surface area contributed by atoms with Crippen molar-refractivity contribution < 1.29 is 14.3 Å². The number of hydrogen-bond donors (Lipinski definition) is 1. The minimum Gasteiger partial charge on any atom is -0.374 e. The van der Waals surface area contributed by atoms with Crippen molar-refractivity contribution >= 4 is 11.8 Å². The normalized spacial score (nSPS) is 29.2. The average molecular weight is 294 g/mol. The van der Waals surface area contributed by atoms with Crippen molar-refractivity contribution in [2.45, 2.75) is 51.7 Å². The van der Waals surface area contributed by atoms with Crippen LogP contribution in [0.1, 0.15) is 39.5 Å². The van der Waals surface area contributed by atoms with Crippen LogP contribution >= 0.6 is 0 Å². The van der Waals surface area contributed by atoms with E-state index < -0.39 is 0 Å². The molecule has 2 aliphatic rings. The van der Waals surface area contributed by atoms with Crippen LogP contribution in [0, 0.1) is 5.92 Å². The Bertz CT molecular complexity index is 422. The first-order valence-electron chi connectivity index (χ1n) is 7.82. The molecule has 118 valence electrons. The third kappa shape index (κ3) is 3.84. The SMILES string of the molecule is C=C(C)[C@@H]1OCC[C@H]1CNC(=O)[C@@H]1CCCCN1C(C)=O. The first-order chi connectivity index (χ1) is 10.0. The fourth-order valence-electron chi connectivity index (χ4n) is 3.32. The number of nitrogens with one attached hydrogen (secondary N) is 1. The van der Waals surface area contributed by atoms with Crippen LogP contribution in [0.4, 0.5) is 0 Å². The summed E-state index contributed by atoms with van der Waals surface area (Å²) in [7, 11) is 0. The van der Waals surface area contributed by atoms with Crippen molar-refractivity contribution in [3.05, 3.63) is 12.2 Å². The number of likely N-dealkylation sites (tertiary alicyclic amines) is 1. The molecule has 2 rings (SSSR count). The first kappa shape index (κ1) is 16.0. The van der Waals surface area contributed by atoms with E-state index in [9.17, 15) is 9.59 Å². The number of rotatable bonds is 4. The second kappa shape index (κ2) is 7.07. The second-order valence-electron chi connectivity index (χ2n) is 6.16. The topological polar surface area (TPSA) is 58.6 Å². The third-order valence-electron chi connectivity index (χ3n) is 4.45. The summed E-state index contributed by atoms with van der Waals surface area (Å²) in [6.45, 7) is 9.45. The summed E-state index contributed by atoms with van der Waals surface area (Å²) in [5.74, 6) is 0.247. The molecule has 2 amide bonds. The monoisotopic (exact) mass is 294 g/mol. The van der Waals surface area contributed by atoms with Crippen molar-refractivity contribution in [2.75, 3.05) is 19.7 Å². The summed E-state index contributed by atoms with van der Waals surface area (Å²) in [5.41, 5.74) is 1.01. The van der Waals surface area contributed by atoms with Crippen molar-refractivity contribution in [1.82, 2.24) is 10.2 Å². The number of ether oxygens (including phenoxy) is 1. The van der Waals surface area contributed by atoms with E-state index in [1.54, 1.807) is 4.90 Å². The van der Waals surface area contributed by atoms with E-state index in [0.29, 0.717) is 19.0 Å². The highest BCUT2D eigenvalue weighted by molar-refractivity contribution is 5.87. The van der Waals surface area contributed by atoms with Gasteiger partial charge in [-0.05, 0) is 32.6 Å². The Morgan fingerprint density at radius 2 is 2.05 bits per heavy atom. The van der Waals surface area contributed by atoms with Crippen LogP contribution in [-0.4, -0.2) is 48.6 Å². The molecule has 1 N–H and O–H groups in total. The molecule has 0 bridgehead atoms. The Labute approximate surface area is 126 Å². The van der Waals surface area contributed by atoms with Crippen LogP contribution < -0.4 is 5.32 Å². The van der Waals surface area contributed by atoms with Gasteiger partial charge in [0.1, 0.15) is 6.04 Å². The Hall–Kier alpha value is -1.36. The molecule has 2 fully saturated rings. The zero-order valence-corrected chi connectivity index (χ0v) is 13.1. The van der Waals surface area contributed by atoms with Crippen LogP contribution in [0.3, 0.4) is 0 Å². The molecule has 0 aromatic rings. The summed E-state index contributed by atoms with van der Waals surface area (Å²) in [6, 6.07) is -0.304. The molecule has 3 atom stereocenters. The Kier molecular flexibility index (Phi) is 5.39. The quantitative estimate of drug-likeness (QED) is 0.799. The van der Waals surface area contributed by atoms with Gasteiger partial charge in [0.05, 0.1) is 6.10 Å². The van der Waals surface area contributed by atoms with Gasteiger partial charge in [-0.15, -0.1) is 0 Å². The molecule has 0 aromatic carbocycles. The van der Waals surface area contributed by atoms with Gasteiger partial charge in [-0.3, -0.25) is 9.59 Å². The predicted molar refractivity (Wildman–Crippen MR) is 80.7 cm³/mol. The van der Waals surface area contributed by atoms with Crippen molar-refractivity contribution in [3.8, 4) is 0 Å². The summed E-state index contributed by atoms with van der Waals surface area (Å²) < 4.78 is 5.65. The van der Waals surface area contributed by atoms with E-state index in [4.69, 9.17) is 4.74 Å². The summed E-state index contributed by atoms with van der Waals surface area (Å²) in [4.78, 5) is 25.7. The maximum atomic E-state index is 12.4. The van der Waals surface area contributed by atoms with E-state index in [1.165, 1.54) is 6.92 Å². The fourth-order valence-corrected chi connectivity index (χ4v) is 3.32. The maximum absolute atomic E-state index is 12.4. The second-order valence-corrected chi connectivity index (χ2v) is 6.16. The molecular weight excluding hydrogens is 268 g/mol. The molecule has 21 heavy (non-hydrogen) atoms. The van der Waals surface area contributed by atoms with Gasteiger partial charge in [0.25, 0.3) is 0 Å².